The number of likely N-dealkylation sites (N-methyl/N-ethyl adjacent to an activating group) is 1. The van der Waals surface area contributed by atoms with E-state index in [2.05, 4.69) is 17.9 Å². The van der Waals surface area contributed by atoms with Gasteiger partial charge in [-0.25, -0.2) is 0 Å². The number of ether oxygens (including phenoxy) is 3. The van der Waals surface area contributed by atoms with Crippen LogP contribution in [-0.4, -0.2) is 55.8 Å². The quantitative estimate of drug-likeness (QED) is 0.814. The summed E-state index contributed by atoms with van der Waals surface area (Å²) in [5, 5.41) is 0. The van der Waals surface area contributed by atoms with Crippen LogP contribution in [0.5, 0.6) is 17.2 Å². The zero-order chi connectivity index (χ0) is 19.7. The molecule has 1 amide bonds. The molecule has 2 aromatic carbocycles. The minimum Gasteiger partial charge on any atom is -0.491 e. The van der Waals surface area contributed by atoms with Crippen LogP contribution in [0.3, 0.4) is 0 Å². The normalized spacial score (nSPS) is 17.9. The number of nitrogens with zero attached hydrogens (tertiary/aromatic N) is 2. The Bertz CT molecular complexity index is 881. The van der Waals surface area contributed by atoms with E-state index in [9.17, 15) is 4.79 Å². The van der Waals surface area contributed by atoms with Crippen molar-refractivity contribution in [3.8, 4) is 17.2 Å². The molecule has 2 heterocycles. The van der Waals surface area contributed by atoms with Crippen molar-refractivity contribution in [2.75, 3.05) is 34.0 Å². The topological polar surface area (TPSA) is 51.2 Å². The Kier molecular flexibility index (Phi) is 5.13. The predicted molar refractivity (Wildman–Crippen MR) is 106 cm³/mol. The fourth-order valence-electron chi connectivity index (χ4n) is 3.75. The second kappa shape index (κ2) is 7.72. The van der Waals surface area contributed by atoms with Crippen molar-refractivity contribution < 1.29 is 19.0 Å². The molecule has 28 heavy (non-hydrogen) atoms. The van der Waals surface area contributed by atoms with Crippen molar-refractivity contribution in [1.82, 2.24) is 9.80 Å². The van der Waals surface area contributed by atoms with Gasteiger partial charge in [0.1, 0.15) is 12.4 Å². The lowest BCUT2D eigenvalue weighted by Crippen LogP contribution is -2.47. The Morgan fingerprint density at radius 1 is 1.07 bits per heavy atom. The number of hydrogen-bond donors (Lipinski definition) is 0. The van der Waals surface area contributed by atoms with Gasteiger partial charge in [0.25, 0.3) is 0 Å². The molecular formula is C22H26N2O4. The number of hydrogen-bond acceptors (Lipinski definition) is 5. The zero-order valence-corrected chi connectivity index (χ0v) is 16.6. The predicted octanol–water partition coefficient (Wildman–Crippen LogP) is 2.62. The minimum absolute atomic E-state index is 0.00998. The average molecular weight is 382 g/mol. The van der Waals surface area contributed by atoms with Gasteiger partial charge in [-0.1, -0.05) is 23.8 Å². The largest absolute Gasteiger partial charge is 0.491 e. The van der Waals surface area contributed by atoms with E-state index in [1.807, 2.05) is 49.3 Å². The highest BCUT2D eigenvalue weighted by Gasteiger charge is 2.29. The second-order valence-electron chi connectivity index (χ2n) is 7.72. The summed E-state index contributed by atoms with van der Waals surface area (Å²) in [4.78, 5) is 17.3. The maximum Gasteiger partial charge on any atom is 0.231 e. The maximum atomic E-state index is 13.3. The van der Waals surface area contributed by atoms with E-state index in [4.69, 9.17) is 14.2 Å². The summed E-state index contributed by atoms with van der Waals surface area (Å²) in [7, 11) is 4.03. The molecule has 2 aliphatic rings. The van der Waals surface area contributed by atoms with E-state index < -0.39 is 0 Å². The molecule has 0 saturated carbocycles. The highest BCUT2D eigenvalue weighted by Crippen LogP contribution is 2.33. The van der Waals surface area contributed by atoms with Crippen molar-refractivity contribution in [3.05, 3.63) is 53.1 Å². The summed E-state index contributed by atoms with van der Waals surface area (Å²) in [6, 6.07) is 11.8. The van der Waals surface area contributed by atoms with Crippen molar-refractivity contribution in [2.45, 2.75) is 25.9 Å². The van der Waals surface area contributed by atoms with Gasteiger partial charge < -0.3 is 24.0 Å². The summed E-state index contributed by atoms with van der Waals surface area (Å²) in [5.74, 6) is 2.39. The molecule has 2 aliphatic heterocycles. The molecule has 0 bridgehead atoms. The number of benzene rings is 2. The van der Waals surface area contributed by atoms with E-state index in [0.29, 0.717) is 25.3 Å². The molecule has 6 heteroatoms. The molecule has 0 saturated heterocycles. The molecule has 148 valence electrons. The van der Waals surface area contributed by atoms with Crippen LogP contribution < -0.4 is 14.2 Å². The van der Waals surface area contributed by atoms with Crippen LogP contribution >= 0.6 is 0 Å². The molecule has 4 rings (SSSR count). The monoisotopic (exact) mass is 382 g/mol. The first-order valence-corrected chi connectivity index (χ1v) is 9.54. The maximum absolute atomic E-state index is 13.3. The lowest BCUT2D eigenvalue weighted by atomic mass is 10.1. The van der Waals surface area contributed by atoms with Gasteiger partial charge in [0.15, 0.2) is 11.5 Å². The van der Waals surface area contributed by atoms with Gasteiger partial charge >= 0.3 is 0 Å². The molecule has 0 radical (unpaired) electrons. The fraction of sp³-hybridized carbons (Fsp3) is 0.409. The Balaban J connectivity index is 1.58. The van der Waals surface area contributed by atoms with Crippen molar-refractivity contribution in [2.24, 2.45) is 0 Å². The first-order chi connectivity index (χ1) is 13.5. The Labute approximate surface area is 165 Å². The van der Waals surface area contributed by atoms with E-state index in [0.717, 1.165) is 34.7 Å². The lowest BCUT2D eigenvalue weighted by Gasteiger charge is -2.31. The van der Waals surface area contributed by atoms with Gasteiger partial charge in [-0.05, 0) is 44.8 Å². The third kappa shape index (κ3) is 3.92. The summed E-state index contributed by atoms with van der Waals surface area (Å²) in [6.07, 6.45) is 0.321. The fourth-order valence-corrected chi connectivity index (χ4v) is 3.75. The van der Waals surface area contributed by atoms with Crippen LogP contribution in [0.1, 0.15) is 16.7 Å². The van der Waals surface area contributed by atoms with Crippen LogP contribution in [0.25, 0.3) is 0 Å². The molecule has 0 aliphatic carbocycles. The molecule has 0 N–H and O–H groups in total. The van der Waals surface area contributed by atoms with Gasteiger partial charge in [-0.3, -0.25) is 4.79 Å². The Hall–Kier alpha value is -2.73. The van der Waals surface area contributed by atoms with E-state index in [1.165, 1.54) is 0 Å². The van der Waals surface area contributed by atoms with Crippen LogP contribution in [0.2, 0.25) is 0 Å². The van der Waals surface area contributed by atoms with Crippen LogP contribution in [0, 0.1) is 6.92 Å². The summed E-state index contributed by atoms with van der Waals surface area (Å²) < 4.78 is 16.9. The molecule has 0 fully saturated rings. The summed E-state index contributed by atoms with van der Waals surface area (Å²) in [6.45, 7) is 4.08. The summed E-state index contributed by atoms with van der Waals surface area (Å²) in [5.41, 5.74) is 3.14. The van der Waals surface area contributed by atoms with Crippen LogP contribution in [0.15, 0.2) is 36.4 Å². The third-order valence-corrected chi connectivity index (χ3v) is 5.12. The SMILES string of the molecule is Cc1ccc2c(c1)CN(C(=O)Cc1ccc3c(c1)OCO3)C(CN(C)C)CO2. The second-order valence-corrected chi connectivity index (χ2v) is 7.72. The molecule has 1 unspecified atom stereocenters. The summed E-state index contributed by atoms with van der Waals surface area (Å²) >= 11 is 0. The van der Waals surface area contributed by atoms with Crippen LogP contribution in [-0.2, 0) is 17.8 Å². The number of carbonyl (C=O) groups is 1. The Morgan fingerprint density at radius 2 is 1.86 bits per heavy atom. The lowest BCUT2D eigenvalue weighted by molar-refractivity contribution is -0.134. The van der Waals surface area contributed by atoms with Gasteiger partial charge in [0.2, 0.25) is 12.7 Å². The number of aryl methyl sites for hydroxylation is 1. The van der Waals surface area contributed by atoms with E-state index in [-0.39, 0.29) is 18.7 Å². The number of amides is 1. The van der Waals surface area contributed by atoms with Gasteiger partial charge in [-0.2, -0.15) is 0 Å². The number of rotatable bonds is 4. The highest BCUT2D eigenvalue weighted by atomic mass is 16.7. The average Bonchev–Trinajstić information content (AvgIpc) is 3.04. The number of fused-ring (bicyclic) bond motifs is 2. The van der Waals surface area contributed by atoms with Gasteiger partial charge in [0.05, 0.1) is 12.5 Å². The Morgan fingerprint density at radius 3 is 2.68 bits per heavy atom. The van der Waals surface area contributed by atoms with E-state index >= 15 is 0 Å². The van der Waals surface area contributed by atoms with Crippen molar-refractivity contribution in [1.29, 1.82) is 0 Å². The smallest absolute Gasteiger partial charge is 0.231 e. The van der Waals surface area contributed by atoms with Gasteiger partial charge in [-0.15, -0.1) is 0 Å². The molecule has 2 aromatic rings. The molecule has 0 spiro atoms. The molecule has 6 nitrogen and oxygen atoms in total. The first-order valence-electron chi connectivity index (χ1n) is 9.54. The van der Waals surface area contributed by atoms with Crippen LogP contribution in [0.4, 0.5) is 0 Å². The highest BCUT2D eigenvalue weighted by molar-refractivity contribution is 5.79. The molecular weight excluding hydrogens is 356 g/mol. The molecule has 1 atom stereocenters. The molecule has 0 aromatic heterocycles. The third-order valence-electron chi connectivity index (χ3n) is 5.12. The standard InChI is InChI=1S/C22H26N2O4/c1-15-4-6-19-17(8-15)11-24(18(13-26-19)12-23(2)3)22(25)10-16-5-7-20-21(9-16)28-14-27-20/h4-9,18H,10-14H2,1-3H3. The van der Waals surface area contributed by atoms with Crippen molar-refractivity contribution in [3.63, 3.8) is 0 Å². The van der Waals surface area contributed by atoms with Crippen molar-refractivity contribution >= 4 is 5.91 Å². The van der Waals surface area contributed by atoms with E-state index in [1.54, 1.807) is 0 Å². The zero-order valence-electron chi connectivity index (χ0n) is 16.6. The minimum atomic E-state index is -0.00998. The van der Waals surface area contributed by atoms with Gasteiger partial charge in [0, 0.05) is 18.7 Å². The first kappa shape index (κ1) is 18.6. The number of carbonyl (C=O) groups excluding carboxylic acids is 1.